The van der Waals surface area contributed by atoms with Crippen LogP contribution in [0.3, 0.4) is 0 Å². The van der Waals surface area contributed by atoms with Gasteiger partial charge in [-0.25, -0.2) is 8.78 Å². The Balaban J connectivity index is 1.47. The highest BCUT2D eigenvalue weighted by molar-refractivity contribution is 5.44. The number of rotatable bonds is 9. The Morgan fingerprint density at radius 1 is 1.09 bits per heavy atom. The van der Waals surface area contributed by atoms with E-state index in [1.165, 1.54) is 0 Å². The van der Waals surface area contributed by atoms with Crippen LogP contribution >= 0.6 is 0 Å². The lowest BCUT2D eigenvalue weighted by Crippen LogP contribution is -2.49. The number of ether oxygens (including phenoxy) is 1. The molecule has 8 heteroatoms. The Morgan fingerprint density at radius 3 is 2.53 bits per heavy atom. The molecule has 2 N–H and O–H groups in total. The van der Waals surface area contributed by atoms with Crippen molar-refractivity contribution in [1.82, 2.24) is 9.80 Å². The van der Waals surface area contributed by atoms with Crippen LogP contribution in [-0.4, -0.2) is 78.5 Å². The van der Waals surface area contributed by atoms with Gasteiger partial charge in [-0.2, -0.15) is 0 Å². The van der Waals surface area contributed by atoms with Crippen molar-refractivity contribution in [2.24, 2.45) is 5.92 Å². The van der Waals surface area contributed by atoms with Gasteiger partial charge in [-0.3, -0.25) is 14.2 Å². The Hall–Kier alpha value is -2.29. The minimum Gasteiger partial charge on any atom is -0.508 e. The minimum absolute atomic E-state index is 0.149. The summed E-state index contributed by atoms with van der Waals surface area (Å²) in [6, 6.07) is 12.0. The molecule has 2 aromatic rings. The van der Waals surface area contributed by atoms with E-state index in [4.69, 9.17) is 9.84 Å². The molecule has 2 heterocycles. The minimum atomic E-state index is -3.20. The highest BCUT2D eigenvalue weighted by atomic mass is 19.3. The van der Waals surface area contributed by atoms with Crippen molar-refractivity contribution in [3.05, 3.63) is 59.2 Å². The first-order valence-corrected chi connectivity index (χ1v) is 10.9. The van der Waals surface area contributed by atoms with E-state index < -0.39 is 25.1 Å². The molecular formula is C24H29F3N2O3. The van der Waals surface area contributed by atoms with E-state index in [-0.39, 0.29) is 18.3 Å². The van der Waals surface area contributed by atoms with Gasteiger partial charge in [-0.15, -0.1) is 0 Å². The van der Waals surface area contributed by atoms with Crippen LogP contribution in [0.1, 0.15) is 22.7 Å². The molecule has 2 aromatic carbocycles. The highest BCUT2D eigenvalue weighted by Crippen LogP contribution is 2.38. The molecule has 0 aromatic heterocycles. The zero-order valence-electron chi connectivity index (χ0n) is 17.9. The Kier molecular flexibility index (Phi) is 6.93. The maximum absolute atomic E-state index is 14.0. The summed E-state index contributed by atoms with van der Waals surface area (Å²) < 4.78 is 46.4. The van der Waals surface area contributed by atoms with Crippen LogP contribution in [0.2, 0.25) is 0 Å². The second-order valence-electron chi connectivity index (χ2n) is 8.72. The standard InChI is InChI=1S/C24H29F3N2O3/c25-12-17-13-28(14-17)9-10-32-21-4-1-18(2-5-21)23-22-6-3-20(31)11-19(22)7-8-29(23)15-24(26,27)16-30/h1-6,11,17,23,30-31H,7-10,12-16H2. The summed E-state index contributed by atoms with van der Waals surface area (Å²) in [7, 11) is 0. The summed E-state index contributed by atoms with van der Waals surface area (Å²) >= 11 is 0. The molecule has 5 nitrogen and oxygen atoms in total. The molecule has 174 valence electrons. The summed E-state index contributed by atoms with van der Waals surface area (Å²) in [5.41, 5.74) is 2.64. The quantitative estimate of drug-likeness (QED) is 0.614. The van der Waals surface area contributed by atoms with Crippen LogP contribution < -0.4 is 4.74 Å². The van der Waals surface area contributed by atoms with E-state index in [0.29, 0.717) is 25.3 Å². The third-order valence-corrected chi connectivity index (χ3v) is 6.24. The van der Waals surface area contributed by atoms with E-state index in [1.807, 2.05) is 24.3 Å². The molecule has 4 rings (SSSR count). The molecule has 0 spiro atoms. The van der Waals surface area contributed by atoms with Crippen LogP contribution in [0.4, 0.5) is 13.2 Å². The van der Waals surface area contributed by atoms with Gasteiger partial charge < -0.3 is 14.9 Å². The molecule has 32 heavy (non-hydrogen) atoms. The van der Waals surface area contributed by atoms with E-state index in [2.05, 4.69) is 4.90 Å². The van der Waals surface area contributed by atoms with Crippen molar-refractivity contribution in [2.75, 3.05) is 52.6 Å². The number of aliphatic hydroxyl groups excluding tert-OH is 1. The topological polar surface area (TPSA) is 56.2 Å². The Labute approximate surface area is 186 Å². The molecule has 1 unspecified atom stereocenters. The number of phenolic OH excluding ortho intramolecular Hbond substituents is 1. The fourth-order valence-electron chi connectivity index (χ4n) is 4.57. The highest BCUT2D eigenvalue weighted by Gasteiger charge is 2.37. The lowest BCUT2D eigenvalue weighted by molar-refractivity contribution is -0.0786. The van der Waals surface area contributed by atoms with Crippen molar-refractivity contribution in [1.29, 1.82) is 0 Å². The van der Waals surface area contributed by atoms with E-state index >= 15 is 0 Å². The number of alkyl halides is 3. The number of aromatic hydroxyl groups is 1. The molecule has 0 saturated carbocycles. The predicted octanol–water partition coefficient (Wildman–Crippen LogP) is 3.25. The average Bonchev–Trinajstić information content (AvgIpc) is 2.75. The van der Waals surface area contributed by atoms with Crippen LogP contribution in [0.15, 0.2) is 42.5 Å². The summed E-state index contributed by atoms with van der Waals surface area (Å²) in [6.45, 7) is 1.14. The maximum atomic E-state index is 14.0. The number of hydrogen-bond donors (Lipinski definition) is 2. The average molecular weight is 451 g/mol. The van der Waals surface area contributed by atoms with Crippen LogP contribution in [0.25, 0.3) is 0 Å². The molecule has 0 aliphatic carbocycles. The molecule has 1 saturated heterocycles. The molecular weight excluding hydrogens is 421 g/mol. The zero-order valence-corrected chi connectivity index (χ0v) is 17.9. The summed E-state index contributed by atoms with van der Waals surface area (Å²) in [5, 5.41) is 18.9. The van der Waals surface area contributed by atoms with Crippen molar-refractivity contribution < 1.29 is 28.1 Å². The third kappa shape index (κ3) is 5.19. The number of halogens is 3. The first-order chi connectivity index (χ1) is 15.4. The Morgan fingerprint density at radius 2 is 1.84 bits per heavy atom. The number of aliphatic hydroxyl groups is 1. The van der Waals surface area contributed by atoms with E-state index in [1.54, 1.807) is 23.1 Å². The van der Waals surface area contributed by atoms with Crippen LogP contribution in [0.5, 0.6) is 11.5 Å². The molecule has 1 fully saturated rings. The van der Waals surface area contributed by atoms with Crippen LogP contribution in [-0.2, 0) is 6.42 Å². The number of hydrogen-bond acceptors (Lipinski definition) is 5. The first kappa shape index (κ1) is 22.9. The van der Waals surface area contributed by atoms with Crippen molar-refractivity contribution in [2.45, 2.75) is 18.4 Å². The number of likely N-dealkylation sites (tertiary alicyclic amines) is 1. The summed E-state index contributed by atoms with van der Waals surface area (Å²) in [4.78, 5) is 3.82. The van der Waals surface area contributed by atoms with Crippen molar-refractivity contribution in [3.63, 3.8) is 0 Å². The van der Waals surface area contributed by atoms with Gasteiger partial charge in [0.15, 0.2) is 0 Å². The van der Waals surface area contributed by atoms with Gasteiger partial charge in [0.25, 0.3) is 5.92 Å². The molecule has 0 radical (unpaired) electrons. The predicted molar refractivity (Wildman–Crippen MR) is 115 cm³/mol. The first-order valence-electron chi connectivity index (χ1n) is 10.9. The third-order valence-electron chi connectivity index (χ3n) is 6.24. The number of nitrogens with zero attached hydrogens (tertiary/aromatic N) is 2. The number of benzene rings is 2. The van der Waals surface area contributed by atoms with Crippen molar-refractivity contribution in [3.8, 4) is 11.5 Å². The number of phenols is 1. The zero-order chi connectivity index (χ0) is 22.7. The van der Waals surface area contributed by atoms with E-state index in [9.17, 15) is 18.3 Å². The second kappa shape index (κ2) is 9.68. The number of fused-ring (bicyclic) bond motifs is 1. The normalized spacial score (nSPS) is 20.1. The van der Waals surface area contributed by atoms with Gasteiger partial charge in [-0.1, -0.05) is 18.2 Å². The van der Waals surface area contributed by atoms with Gasteiger partial charge in [0.05, 0.1) is 19.3 Å². The fraction of sp³-hybridized carbons (Fsp3) is 0.500. The summed E-state index contributed by atoms with van der Waals surface area (Å²) in [6.07, 6.45) is 0.544. The van der Waals surface area contributed by atoms with Gasteiger partial charge in [0.2, 0.25) is 0 Å². The van der Waals surface area contributed by atoms with Gasteiger partial charge in [-0.05, 0) is 47.4 Å². The summed E-state index contributed by atoms with van der Waals surface area (Å²) in [5.74, 6) is -2.21. The smallest absolute Gasteiger partial charge is 0.283 e. The van der Waals surface area contributed by atoms with Crippen LogP contribution in [0, 0.1) is 5.92 Å². The second-order valence-corrected chi connectivity index (χ2v) is 8.72. The van der Waals surface area contributed by atoms with Gasteiger partial charge in [0.1, 0.15) is 24.7 Å². The molecule has 0 amide bonds. The van der Waals surface area contributed by atoms with E-state index in [0.717, 1.165) is 36.3 Å². The Bertz CT molecular complexity index is 904. The SMILES string of the molecule is OCC(F)(F)CN1CCc2cc(O)ccc2C1c1ccc(OCCN2CC(CF)C2)cc1. The largest absolute Gasteiger partial charge is 0.508 e. The van der Waals surface area contributed by atoms with Gasteiger partial charge in [0, 0.05) is 32.1 Å². The lowest BCUT2D eigenvalue weighted by atomic mass is 9.87. The van der Waals surface area contributed by atoms with Gasteiger partial charge >= 0.3 is 0 Å². The molecule has 2 aliphatic heterocycles. The fourth-order valence-corrected chi connectivity index (χ4v) is 4.57. The molecule has 0 bridgehead atoms. The molecule has 2 aliphatic rings. The monoisotopic (exact) mass is 450 g/mol. The maximum Gasteiger partial charge on any atom is 0.283 e. The lowest BCUT2D eigenvalue weighted by Gasteiger charge is -2.39. The molecule has 1 atom stereocenters. The van der Waals surface area contributed by atoms with Crippen molar-refractivity contribution >= 4 is 0 Å².